The molecule has 1 fully saturated rings. The van der Waals surface area contributed by atoms with E-state index in [2.05, 4.69) is 20.6 Å². The highest BCUT2D eigenvalue weighted by Crippen LogP contribution is 2.31. The SMILES string of the molecule is O=C(Nc1ccccn1)c1cccc2[nH]c(-c3ccccc3OC3CCNC3)nc12. The lowest BCUT2D eigenvalue weighted by Crippen LogP contribution is -2.19. The zero-order chi connectivity index (χ0) is 20.3. The molecule has 1 saturated heterocycles. The number of anilines is 1. The van der Waals surface area contributed by atoms with Crippen LogP contribution in [0, 0.1) is 0 Å². The van der Waals surface area contributed by atoms with E-state index >= 15 is 0 Å². The Labute approximate surface area is 173 Å². The van der Waals surface area contributed by atoms with E-state index in [1.165, 1.54) is 0 Å². The summed E-state index contributed by atoms with van der Waals surface area (Å²) in [5, 5.41) is 6.14. The van der Waals surface area contributed by atoms with Crippen molar-refractivity contribution < 1.29 is 9.53 Å². The van der Waals surface area contributed by atoms with Crippen LogP contribution in [-0.4, -0.2) is 40.1 Å². The number of amides is 1. The molecule has 1 atom stereocenters. The molecule has 0 aliphatic carbocycles. The summed E-state index contributed by atoms with van der Waals surface area (Å²) in [5.41, 5.74) is 2.75. The summed E-state index contributed by atoms with van der Waals surface area (Å²) in [5.74, 6) is 1.70. The highest BCUT2D eigenvalue weighted by Gasteiger charge is 2.20. The molecule has 7 heteroatoms. The van der Waals surface area contributed by atoms with Crippen LogP contribution in [0.25, 0.3) is 22.4 Å². The molecule has 3 N–H and O–H groups in total. The van der Waals surface area contributed by atoms with E-state index in [4.69, 9.17) is 9.72 Å². The molecule has 1 unspecified atom stereocenters. The number of carbonyl (C=O) groups excluding carboxylic acids is 1. The first kappa shape index (κ1) is 18.3. The summed E-state index contributed by atoms with van der Waals surface area (Å²) in [6.45, 7) is 1.80. The number of benzene rings is 2. The summed E-state index contributed by atoms with van der Waals surface area (Å²) >= 11 is 0. The quantitative estimate of drug-likeness (QED) is 0.477. The van der Waals surface area contributed by atoms with Gasteiger partial charge in [0.1, 0.15) is 29.0 Å². The van der Waals surface area contributed by atoms with Crippen LogP contribution in [-0.2, 0) is 0 Å². The number of hydrogen-bond acceptors (Lipinski definition) is 5. The molecule has 0 bridgehead atoms. The van der Waals surface area contributed by atoms with Crippen LogP contribution in [0.1, 0.15) is 16.8 Å². The zero-order valence-corrected chi connectivity index (χ0v) is 16.3. The van der Waals surface area contributed by atoms with Crippen molar-refractivity contribution in [1.29, 1.82) is 0 Å². The van der Waals surface area contributed by atoms with Gasteiger partial charge < -0.3 is 20.4 Å². The van der Waals surface area contributed by atoms with E-state index in [0.717, 1.165) is 36.3 Å². The molecule has 150 valence electrons. The van der Waals surface area contributed by atoms with Crippen molar-refractivity contribution >= 4 is 22.8 Å². The van der Waals surface area contributed by atoms with Crippen molar-refractivity contribution in [3.05, 3.63) is 72.4 Å². The lowest BCUT2D eigenvalue weighted by molar-refractivity contribution is 0.102. The van der Waals surface area contributed by atoms with Crippen LogP contribution in [0.4, 0.5) is 5.82 Å². The van der Waals surface area contributed by atoms with Crippen LogP contribution < -0.4 is 15.4 Å². The fourth-order valence-corrected chi connectivity index (χ4v) is 3.64. The molecule has 7 nitrogen and oxygen atoms in total. The van der Waals surface area contributed by atoms with E-state index in [1.54, 1.807) is 24.4 Å². The number of aromatic amines is 1. The number of carbonyl (C=O) groups is 1. The van der Waals surface area contributed by atoms with Crippen molar-refractivity contribution in [2.45, 2.75) is 12.5 Å². The van der Waals surface area contributed by atoms with Crippen LogP contribution in [0.5, 0.6) is 5.75 Å². The van der Waals surface area contributed by atoms with Gasteiger partial charge in [0.2, 0.25) is 0 Å². The molecule has 1 amide bonds. The molecule has 4 aromatic rings. The van der Waals surface area contributed by atoms with Gasteiger partial charge in [-0.2, -0.15) is 0 Å². The number of H-pyrrole nitrogens is 1. The van der Waals surface area contributed by atoms with E-state index in [-0.39, 0.29) is 12.0 Å². The third-order valence-corrected chi connectivity index (χ3v) is 5.11. The predicted octanol–water partition coefficient (Wildman–Crippen LogP) is 3.62. The number of nitrogens with zero attached hydrogens (tertiary/aromatic N) is 2. The maximum atomic E-state index is 12.8. The van der Waals surface area contributed by atoms with Crippen molar-refractivity contribution in [3.8, 4) is 17.1 Å². The number of rotatable bonds is 5. The van der Waals surface area contributed by atoms with E-state index in [9.17, 15) is 4.79 Å². The first-order chi connectivity index (χ1) is 14.8. The maximum absolute atomic E-state index is 12.8. The summed E-state index contributed by atoms with van der Waals surface area (Å²) in [6, 6.07) is 18.7. The number of ether oxygens (including phenoxy) is 1. The second kappa shape index (κ2) is 7.96. The van der Waals surface area contributed by atoms with Crippen molar-refractivity contribution in [2.75, 3.05) is 18.4 Å². The van der Waals surface area contributed by atoms with Gasteiger partial charge in [-0.1, -0.05) is 24.3 Å². The third-order valence-electron chi connectivity index (χ3n) is 5.11. The molecule has 0 spiro atoms. The fraction of sp³-hybridized carbons (Fsp3) is 0.174. The largest absolute Gasteiger partial charge is 0.488 e. The second-order valence-corrected chi connectivity index (χ2v) is 7.19. The Morgan fingerprint density at radius 2 is 1.97 bits per heavy atom. The first-order valence-electron chi connectivity index (χ1n) is 9.96. The molecular weight excluding hydrogens is 378 g/mol. The molecule has 2 aromatic heterocycles. The highest BCUT2D eigenvalue weighted by atomic mass is 16.5. The van der Waals surface area contributed by atoms with Crippen molar-refractivity contribution in [3.63, 3.8) is 0 Å². The van der Waals surface area contributed by atoms with Gasteiger partial charge in [0.05, 0.1) is 16.6 Å². The monoisotopic (exact) mass is 399 g/mol. The first-order valence-corrected chi connectivity index (χ1v) is 9.96. The molecule has 1 aliphatic rings. The van der Waals surface area contributed by atoms with Crippen molar-refractivity contribution in [1.82, 2.24) is 20.3 Å². The molecule has 1 aliphatic heterocycles. The number of hydrogen-bond donors (Lipinski definition) is 3. The topological polar surface area (TPSA) is 91.9 Å². The summed E-state index contributed by atoms with van der Waals surface area (Å²) in [6.07, 6.45) is 2.77. The molecule has 30 heavy (non-hydrogen) atoms. The highest BCUT2D eigenvalue weighted by molar-refractivity contribution is 6.11. The number of aromatic nitrogens is 3. The normalized spacial score (nSPS) is 15.9. The van der Waals surface area contributed by atoms with Gasteiger partial charge in [-0.15, -0.1) is 0 Å². The number of fused-ring (bicyclic) bond motifs is 1. The number of imidazole rings is 1. The lowest BCUT2D eigenvalue weighted by Gasteiger charge is -2.15. The molecular formula is C23H21N5O2. The minimum absolute atomic E-state index is 0.148. The van der Waals surface area contributed by atoms with Gasteiger partial charge in [-0.05, 0) is 49.4 Å². The summed E-state index contributed by atoms with van der Waals surface area (Å²) in [7, 11) is 0. The van der Waals surface area contributed by atoms with Crippen LogP contribution in [0.2, 0.25) is 0 Å². The van der Waals surface area contributed by atoms with Crippen LogP contribution in [0.3, 0.4) is 0 Å². The minimum Gasteiger partial charge on any atom is -0.488 e. The van der Waals surface area contributed by atoms with Gasteiger partial charge in [-0.25, -0.2) is 9.97 Å². The smallest absolute Gasteiger partial charge is 0.259 e. The third kappa shape index (κ3) is 3.62. The van der Waals surface area contributed by atoms with Crippen LogP contribution in [0.15, 0.2) is 66.9 Å². The molecule has 5 rings (SSSR count). The van der Waals surface area contributed by atoms with E-state index in [0.29, 0.717) is 22.7 Å². The Hall–Kier alpha value is -3.71. The van der Waals surface area contributed by atoms with Gasteiger partial charge >= 0.3 is 0 Å². The standard InChI is InChI=1S/C23H21N5O2/c29-23(27-20-10-3-4-12-25-20)17-7-5-8-18-21(17)28-22(26-18)16-6-1-2-9-19(16)30-15-11-13-24-14-15/h1-10,12,15,24H,11,13-14H2,(H,26,28)(H,25,27,29). The Kier molecular flexibility index (Phi) is 4.86. The predicted molar refractivity (Wildman–Crippen MR) is 116 cm³/mol. The summed E-state index contributed by atoms with van der Waals surface area (Å²) in [4.78, 5) is 25.1. The number of nitrogens with one attached hydrogen (secondary N) is 3. The molecule has 2 aromatic carbocycles. The van der Waals surface area contributed by atoms with E-state index < -0.39 is 0 Å². The van der Waals surface area contributed by atoms with Gasteiger partial charge in [0.25, 0.3) is 5.91 Å². The molecule has 0 radical (unpaired) electrons. The fourth-order valence-electron chi connectivity index (χ4n) is 3.64. The number of pyridine rings is 1. The second-order valence-electron chi connectivity index (χ2n) is 7.19. The maximum Gasteiger partial charge on any atom is 0.259 e. The lowest BCUT2D eigenvalue weighted by atomic mass is 10.1. The Balaban J connectivity index is 1.49. The average Bonchev–Trinajstić information content (AvgIpc) is 3.44. The van der Waals surface area contributed by atoms with Gasteiger partial charge in [0, 0.05) is 12.7 Å². The Morgan fingerprint density at radius 1 is 1.07 bits per heavy atom. The number of para-hydroxylation sites is 2. The van der Waals surface area contributed by atoms with Gasteiger partial charge in [-0.3, -0.25) is 4.79 Å². The summed E-state index contributed by atoms with van der Waals surface area (Å²) < 4.78 is 6.20. The van der Waals surface area contributed by atoms with Gasteiger partial charge in [0.15, 0.2) is 0 Å². The van der Waals surface area contributed by atoms with E-state index in [1.807, 2.05) is 42.5 Å². The van der Waals surface area contributed by atoms with Crippen LogP contribution >= 0.6 is 0 Å². The van der Waals surface area contributed by atoms with Crippen molar-refractivity contribution in [2.24, 2.45) is 0 Å². The molecule has 0 saturated carbocycles. The minimum atomic E-state index is -0.251. The average molecular weight is 399 g/mol. The molecule has 3 heterocycles. The Bertz CT molecular complexity index is 1180. The zero-order valence-electron chi connectivity index (χ0n) is 16.3. The Morgan fingerprint density at radius 3 is 2.80 bits per heavy atom.